The number of amides is 2. The summed E-state index contributed by atoms with van der Waals surface area (Å²) in [4.78, 5) is 10.1. The predicted octanol–water partition coefficient (Wildman–Crippen LogP) is 1.15. The van der Waals surface area contributed by atoms with Gasteiger partial charge in [-0.25, -0.2) is 10.5 Å². The van der Waals surface area contributed by atoms with Crippen LogP contribution in [0.5, 0.6) is 0 Å². The summed E-state index contributed by atoms with van der Waals surface area (Å²) in [6, 6.07) is 8.80. The van der Waals surface area contributed by atoms with Crippen LogP contribution in [0, 0.1) is 0 Å². The van der Waals surface area contributed by atoms with Crippen LogP contribution >= 0.6 is 0 Å². The number of urea groups is 1. The molecule has 0 aliphatic carbocycles. The van der Waals surface area contributed by atoms with Crippen LogP contribution in [0.3, 0.4) is 0 Å². The molecule has 0 bridgehead atoms. The Bertz CT molecular complexity index is 262. The Kier molecular flexibility index (Phi) is 3.78. The maximum absolute atomic E-state index is 10.1. The van der Waals surface area contributed by atoms with E-state index in [2.05, 4.69) is 5.32 Å². The van der Waals surface area contributed by atoms with Gasteiger partial charge in [0.15, 0.2) is 0 Å². The van der Waals surface area contributed by atoms with Crippen molar-refractivity contribution in [1.29, 1.82) is 0 Å². The summed E-state index contributed by atoms with van der Waals surface area (Å²) < 4.78 is 5.08. The minimum atomic E-state index is -0.826. The molecular formula is C9H11N2O2. The molecule has 0 aromatic heterocycles. The molecule has 0 saturated heterocycles. The molecule has 0 unspecified atom stereocenters. The van der Waals surface area contributed by atoms with Crippen molar-refractivity contribution in [2.24, 2.45) is 0 Å². The van der Waals surface area contributed by atoms with Gasteiger partial charge in [0.1, 0.15) is 6.73 Å². The van der Waals surface area contributed by atoms with Gasteiger partial charge in [-0.15, -0.1) is 0 Å². The Morgan fingerprint density at radius 3 is 2.69 bits per heavy atom. The standard InChI is InChI=1S/C9H11N2O2/c10-9(12)11-7-13-6-8-4-2-1-3-5-8/h1-5,10H,6-7H2,(H,11,12). The normalized spacial score (nSPS) is 9.54. The molecule has 1 radical (unpaired) electrons. The summed E-state index contributed by atoms with van der Waals surface area (Å²) in [5.41, 5.74) is 7.57. The topological polar surface area (TPSA) is 62.1 Å². The van der Waals surface area contributed by atoms with E-state index in [1.54, 1.807) is 0 Å². The molecule has 2 N–H and O–H groups in total. The van der Waals surface area contributed by atoms with Crippen LogP contribution in [-0.4, -0.2) is 12.8 Å². The number of benzene rings is 1. The highest BCUT2D eigenvalue weighted by molar-refractivity contribution is 5.70. The highest BCUT2D eigenvalue weighted by atomic mass is 16.5. The van der Waals surface area contributed by atoms with E-state index in [4.69, 9.17) is 10.5 Å². The van der Waals surface area contributed by atoms with Crippen molar-refractivity contribution in [3.63, 3.8) is 0 Å². The molecule has 2 amide bonds. The lowest BCUT2D eigenvalue weighted by Crippen LogP contribution is -2.24. The van der Waals surface area contributed by atoms with Gasteiger partial charge >= 0.3 is 6.03 Å². The van der Waals surface area contributed by atoms with Crippen LogP contribution in [0.25, 0.3) is 0 Å². The fourth-order valence-corrected chi connectivity index (χ4v) is 0.860. The Morgan fingerprint density at radius 2 is 2.08 bits per heavy atom. The number of hydrogen-bond donors (Lipinski definition) is 1. The highest BCUT2D eigenvalue weighted by Gasteiger charge is 1.92. The lowest BCUT2D eigenvalue weighted by molar-refractivity contribution is 0.109. The number of carbonyl (C=O) groups excluding carboxylic acids is 1. The van der Waals surface area contributed by atoms with Gasteiger partial charge in [0, 0.05) is 0 Å². The predicted molar refractivity (Wildman–Crippen MR) is 47.7 cm³/mol. The number of hydrogen-bond acceptors (Lipinski definition) is 2. The van der Waals surface area contributed by atoms with Gasteiger partial charge in [-0.05, 0) is 5.56 Å². The number of rotatable bonds is 4. The zero-order chi connectivity index (χ0) is 9.52. The van der Waals surface area contributed by atoms with Gasteiger partial charge in [0.25, 0.3) is 0 Å². The van der Waals surface area contributed by atoms with Crippen LogP contribution in [0.2, 0.25) is 0 Å². The van der Waals surface area contributed by atoms with E-state index < -0.39 is 6.03 Å². The molecule has 0 heterocycles. The fourth-order valence-electron chi connectivity index (χ4n) is 0.860. The first kappa shape index (κ1) is 9.54. The van der Waals surface area contributed by atoms with Crippen molar-refractivity contribution in [2.45, 2.75) is 6.61 Å². The number of nitrogens with one attached hydrogen (secondary N) is 2. The summed E-state index contributed by atoms with van der Waals surface area (Å²) in [6.45, 7) is 0.526. The van der Waals surface area contributed by atoms with Crippen molar-refractivity contribution in [3.05, 3.63) is 35.9 Å². The summed E-state index contributed by atoms with van der Waals surface area (Å²) in [6.07, 6.45) is 0. The first-order valence-electron chi connectivity index (χ1n) is 3.90. The number of carbonyl (C=O) groups is 1. The largest absolute Gasteiger partial charge is 0.357 e. The second-order valence-corrected chi connectivity index (χ2v) is 2.48. The molecule has 0 aliphatic rings. The maximum atomic E-state index is 10.1. The Hall–Kier alpha value is -1.55. The zero-order valence-corrected chi connectivity index (χ0v) is 7.12. The van der Waals surface area contributed by atoms with E-state index >= 15 is 0 Å². The lowest BCUT2D eigenvalue weighted by atomic mass is 10.2. The monoisotopic (exact) mass is 179 g/mol. The molecular weight excluding hydrogens is 168 g/mol. The third kappa shape index (κ3) is 4.12. The molecule has 69 valence electrons. The molecule has 0 saturated carbocycles. The van der Waals surface area contributed by atoms with Crippen LogP contribution in [0.4, 0.5) is 4.79 Å². The third-order valence-electron chi connectivity index (χ3n) is 1.45. The van der Waals surface area contributed by atoms with E-state index in [-0.39, 0.29) is 6.73 Å². The zero-order valence-electron chi connectivity index (χ0n) is 7.12. The van der Waals surface area contributed by atoms with Crippen molar-refractivity contribution in [3.8, 4) is 0 Å². The minimum absolute atomic E-state index is 0.0806. The van der Waals surface area contributed by atoms with Gasteiger partial charge in [-0.1, -0.05) is 30.3 Å². The summed E-state index contributed by atoms with van der Waals surface area (Å²) in [7, 11) is 0. The average Bonchev–Trinajstić information content (AvgIpc) is 2.14. The van der Waals surface area contributed by atoms with Crippen LogP contribution in [-0.2, 0) is 11.3 Å². The molecule has 0 fully saturated rings. The van der Waals surface area contributed by atoms with Gasteiger partial charge in [-0.2, -0.15) is 0 Å². The van der Waals surface area contributed by atoms with Crippen LogP contribution < -0.4 is 11.1 Å². The van der Waals surface area contributed by atoms with E-state index in [9.17, 15) is 4.79 Å². The van der Waals surface area contributed by atoms with E-state index in [1.165, 1.54) is 0 Å². The molecule has 0 atom stereocenters. The first-order chi connectivity index (χ1) is 6.29. The van der Waals surface area contributed by atoms with E-state index in [0.29, 0.717) is 6.61 Å². The van der Waals surface area contributed by atoms with Crippen molar-refractivity contribution >= 4 is 6.03 Å². The molecule has 1 rings (SSSR count). The molecule has 13 heavy (non-hydrogen) atoms. The molecule has 4 nitrogen and oxygen atoms in total. The summed E-state index contributed by atoms with van der Waals surface area (Å²) in [5.74, 6) is 0. The first-order valence-corrected chi connectivity index (χ1v) is 3.90. The van der Waals surface area contributed by atoms with Gasteiger partial charge in [0.2, 0.25) is 0 Å². The molecule has 1 aromatic carbocycles. The molecule has 4 heteroatoms. The van der Waals surface area contributed by atoms with Crippen LogP contribution in [0.1, 0.15) is 5.56 Å². The van der Waals surface area contributed by atoms with E-state index in [0.717, 1.165) is 5.56 Å². The lowest BCUT2D eigenvalue weighted by Gasteiger charge is -2.03. The smallest absolute Gasteiger partial charge is 0.335 e. The molecule has 0 aliphatic heterocycles. The molecule has 0 spiro atoms. The van der Waals surface area contributed by atoms with Crippen LogP contribution in [0.15, 0.2) is 30.3 Å². The Labute approximate surface area is 76.7 Å². The quantitative estimate of drug-likeness (QED) is 0.556. The van der Waals surface area contributed by atoms with Gasteiger partial charge < -0.3 is 10.1 Å². The molecule has 1 aromatic rings. The van der Waals surface area contributed by atoms with Gasteiger partial charge in [-0.3, -0.25) is 0 Å². The van der Waals surface area contributed by atoms with Crippen molar-refractivity contribution < 1.29 is 9.53 Å². The maximum Gasteiger partial charge on any atom is 0.335 e. The highest BCUT2D eigenvalue weighted by Crippen LogP contribution is 1.99. The van der Waals surface area contributed by atoms with E-state index in [1.807, 2.05) is 30.3 Å². The summed E-state index contributed by atoms with van der Waals surface area (Å²) in [5, 5.41) is 2.22. The second-order valence-electron chi connectivity index (χ2n) is 2.48. The summed E-state index contributed by atoms with van der Waals surface area (Å²) >= 11 is 0. The Morgan fingerprint density at radius 1 is 1.38 bits per heavy atom. The van der Waals surface area contributed by atoms with Crippen molar-refractivity contribution in [1.82, 2.24) is 11.1 Å². The minimum Gasteiger partial charge on any atom is -0.357 e. The Balaban J connectivity index is 2.17. The second kappa shape index (κ2) is 5.16. The average molecular weight is 179 g/mol. The third-order valence-corrected chi connectivity index (χ3v) is 1.45. The SMILES string of the molecule is [NH]C(=O)NCOCc1ccccc1. The number of ether oxygens (including phenoxy) is 1. The fraction of sp³-hybridized carbons (Fsp3) is 0.222. The van der Waals surface area contributed by atoms with Crippen molar-refractivity contribution in [2.75, 3.05) is 6.73 Å². The van der Waals surface area contributed by atoms with Gasteiger partial charge in [0.05, 0.1) is 6.61 Å².